The van der Waals surface area contributed by atoms with Crippen LogP contribution in [0.5, 0.6) is 5.75 Å². The summed E-state index contributed by atoms with van der Waals surface area (Å²) in [5.74, 6) is 1.78. The van der Waals surface area contributed by atoms with Crippen molar-refractivity contribution in [3.05, 3.63) is 77.2 Å². The average molecular weight is 462 g/mol. The van der Waals surface area contributed by atoms with Crippen molar-refractivity contribution in [3.8, 4) is 5.75 Å². The van der Waals surface area contributed by atoms with Crippen molar-refractivity contribution in [2.75, 3.05) is 33.9 Å². The van der Waals surface area contributed by atoms with Gasteiger partial charge in [-0.25, -0.2) is 4.39 Å². The Kier molecular flexibility index (Phi) is 10.9. The van der Waals surface area contributed by atoms with Crippen LogP contribution >= 0.6 is 11.6 Å². The van der Waals surface area contributed by atoms with Gasteiger partial charge in [0, 0.05) is 31.0 Å². The van der Waals surface area contributed by atoms with Crippen LogP contribution in [-0.4, -0.2) is 44.6 Å². The lowest BCUT2D eigenvalue weighted by atomic mass is 9.98. The molecule has 4 rings (SSSR count). The Balaban J connectivity index is 0.000000209. The van der Waals surface area contributed by atoms with E-state index in [2.05, 4.69) is 41.0 Å². The van der Waals surface area contributed by atoms with Crippen LogP contribution in [0.3, 0.4) is 0 Å². The Morgan fingerprint density at radius 3 is 2.59 bits per heavy atom. The van der Waals surface area contributed by atoms with Crippen molar-refractivity contribution in [2.45, 2.75) is 32.1 Å². The molecule has 2 aromatic rings. The molecule has 1 atom stereocenters. The SMILES string of the molecule is C=CNC.CCCc1ccc(OC)cc1.Fc1cc(Cl)ccc1C1CC2=NOCCN2C1. The molecule has 0 saturated carbocycles. The van der Waals surface area contributed by atoms with E-state index in [1.54, 1.807) is 25.4 Å². The summed E-state index contributed by atoms with van der Waals surface area (Å²) in [6, 6.07) is 13.1. The lowest BCUT2D eigenvalue weighted by Gasteiger charge is -2.21. The molecule has 0 amide bonds. The first kappa shape index (κ1) is 25.5. The van der Waals surface area contributed by atoms with Crippen LogP contribution in [0.1, 0.15) is 36.8 Å². The maximum absolute atomic E-state index is 13.8. The number of fused-ring (bicyclic) bond motifs is 1. The van der Waals surface area contributed by atoms with Gasteiger partial charge >= 0.3 is 0 Å². The number of oxime groups is 1. The molecule has 0 aliphatic carbocycles. The third kappa shape index (κ3) is 7.75. The zero-order valence-corrected chi connectivity index (χ0v) is 19.9. The number of hydrogen-bond donors (Lipinski definition) is 1. The van der Waals surface area contributed by atoms with Crippen molar-refractivity contribution in [3.63, 3.8) is 0 Å². The molecule has 7 heteroatoms. The summed E-state index contributed by atoms with van der Waals surface area (Å²) in [6.45, 7) is 7.81. The topological polar surface area (TPSA) is 46.1 Å². The van der Waals surface area contributed by atoms with Gasteiger partial charge in [-0.1, -0.05) is 54.9 Å². The highest BCUT2D eigenvalue weighted by Crippen LogP contribution is 2.32. The number of amidine groups is 1. The van der Waals surface area contributed by atoms with Crippen LogP contribution in [0.25, 0.3) is 0 Å². The maximum Gasteiger partial charge on any atom is 0.145 e. The van der Waals surface area contributed by atoms with E-state index in [0.717, 1.165) is 37.5 Å². The highest BCUT2D eigenvalue weighted by atomic mass is 35.5. The minimum atomic E-state index is -0.233. The minimum absolute atomic E-state index is 0.146. The molecule has 2 aliphatic rings. The second-order valence-electron chi connectivity index (χ2n) is 7.44. The number of benzene rings is 2. The molecule has 0 aromatic heterocycles. The third-order valence-electron chi connectivity index (χ3n) is 5.16. The van der Waals surface area contributed by atoms with Gasteiger partial charge in [-0.05, 0) is 48.0 Å². The smallest absolute Gasteiger partial charge is 0.145 e. The minimum Gasteiger partial charge on any atom is -0.497 e. The fourth-order valence-electron chi connectivity index (χ4n) is 3.49. The maximum atomic E-state index is 13.8. The van der Waals surface area contributed by atoms with Crippen molar-refractivity contribution in [1.29, 1.82) is 0 Å². The lowest BCUT2D eigenvalue weighted by molar-refractivity contribution is 0.106. The number of methoxy groups -OCH3 is 1. The highest BCUT2D eigenvalue weighted by Gasteiger charge is 2.32. The van der Waals surface area contributed by atoms with Crippen molar-refractivity contribution < 1.29 is 14.0 Å². The van der Waals surface area contributed by atoms with Gasteiger partial charge in [0.15, 0.2) is 0 Å². The Labute approximate surface area is 195 Å². The van der Waals surface area contributed by atoms with E-state index < -0.39 is 0 Å². The summed E-state index contributed by atoms with van der Waals surface area (Å²) in [7, 11) is 3.50. The van der Waals surface area contributed by atoms with E-state index in [0.29, 0.717) is 17.2 Å². The van der Waals surface area contributed by atoms with Crippen LogP contribution < -0.4 is 10.1 Å². The molecule has 1 N–H and O–H groups in total. The summed E-state index contributed by atoms with van der Waals surface area (Å²) >= 11 is 5.75. The summed E-state index contributed by atoms with van der Waals surface area (Å²) in [5, 5.41) is 7.14. The Morgan fingerprint density at radius 1 is 1.31 bits per heavy atom. The highest BCUT2D eigenvalue weighted by molar-refractivity contribution is 6.30. The molecule has 5 nitrogen and oxygen atoms in total. The van der Waals surface area contributed by atoms with E-state index in [4.69, 9.17) is 21.2 Å². The number of halogens is 2. The van der Waals surface area contributed by atoms with Gasteiger partial charge in [-0.15, -0.1) is 0 Å². The van der Waals surface area contributed by atoms with Crippen LogP contribution in [0.2, 0.25) is 5.02 Å². The number of aryl methyl sites for hydroxylation is 1. The summed E-state index contributed by atoms with van der Waals surface area (Å²) < 4.78 is 18.9. The predicted molar refractivity (Wildman–Crippen MR) is 130 cm³/mol. The molecule has 0 radical (unpaired) electrons. The van der Waals surface area contributed by atoms with Crippen LogP contribution in [0, 0.1) is 5.82 Å². The molecule has 0 bridgehead atoms. The number of nitrogens with one attached hydrogen (secondary N) is 1. The number of nitrogens with zero attached hydrogens (tertiary/aromatic N) is 2. The number of ether oxygens (including phenoxy) is 1. The molecule has 1 unspecified atom stereocenters. The van der Waals surface area contributed by atoms with Gasteiger partial charge in [-0.2, -0.15) is 0 Å². The second-order valence-corrected chi connectivity index (χ2v) is 7.88. The van der Waals surface area contributed by atoms with Gasteiger partial charge in [-0.3, -0.25) is 0 Å². The molecule has 0 spiro atoms. The fraction of sp³-hybridized carbons (Fsp3) is 0.400. The van der Waals surface area contributed by atoms with Gasteiger partial charge in [0.1, 0.15) is 24.0 Å². The van der Waals surface area contributed by atoms with Crippen LogP contribution in [0.15, 0.2) is 60.4 Å². The van der Waals surface area contributed by atoms with E-state index in [1.165, 1.54) is 18.1 Å². The zero-order chi connectivity index (χ0) is 23.3. The van der Waals surface area contributed by atoms with Gasteiger partial charge in [0.2, 0.25) is 0 Å². The van der Waals surface area contributed by atoms with Gasteiger partial charge < -0.3 is 19.8 Å². The first-order valence-electron chi connectivity index (χ1n) is 10.8. The van der Waals surface area contributed by atoms with E-state index in [-0.39, 0.29) is 11.7 Å². The Hall–Kier alpha value is -2.73. The van der Waals surface area contributed by atoms with E-state index in [9.17, 15) is 4.39 Å². The second kappa shape index (κ2) is 13.6. The van der Waals surface area contributed by atoms with Crippen molar-refractivity contribution in [1.82, 2.24) is 10.2 Å². The molecule has 2 heterocycles. The predicted octanol–water partition coefficient (Wildman–Crippen LogP) is 5.61. The molecule has 2 aliphatic heterocycles. The molecule has 32 heavy (non-hydrogen) atoms. The molecular weight excluding hydrogens is 429 g/mol. The molecular formula is C25H33ClFN3O2. The number of rotatable bonds is 5. The standard InChI is InChI=1S/C12H12ClFN2O.C10H14O.C3H7N/c13-9-1-2-10(11(14)6-9)8-5-12-15-17-4-3-16(12)7-8;1-3-4-9-5-7-10(11-2)8-6-9;1-3-4-2/h1-2,6,8H,3-5,7H2;5-8H,3-4H2,1-2H3;3-4H,1H2,2H3. The van der Waals surface area contributed by atoms with Crippen LogP contribution in [-0.2, 0) is 11.3 Å². The van der Waals surface area contributed by atoms with Crippen LogP contribution in [0.4, 0.5) is 4.39 Å². The van der Waals surface area contributed by atoms with Gasteiger partial charge in [0.05, 0.1) is 13.7 Å². The average Bonchev–Trinajstić information content (AvgIpc) is 3.24. The zero-order valence-electron chi connectivity index (χ0n) is 19.1. The molecule has 1 saturated heterocycles. The molecule has 2 aromatic carbocycles. The molecule has 1 fully saturated rings. The molecule has 174 valence electrons. The summed E-state index contributed by atoms with van der Waals surface area (Å²) in [4.78, 5) is 7.20. The van der Waals surface area contributed by atoms with Crippen molar-refractivity contribution in [2.24, 2.45) is 5.16 Å². The van der Waals surface area contributed by atoms with Gasteiger partial charge in [0.25, 0.3) is 0 Å². The lowest BCUT2D eigenvalue weighted by Crippen LogP contribution is -2.32. The first-order chi connectivity index (χ1) is 15.5. The monoisotopic (exact) mass is 461 g/mol. The van der Waals surface area contributed by atoms with E-state index >= 15 is 0 Å². The quantitative estimate of drug-likeness (QED) is 0.628. The third-order valence-corrected chi connectivity index (χ3v) is 5.40. The summed E-state index contributed by atoms with van der Waals surface area (Å²) in [5.41, 5.74) is 2.10. The first-order valence-corrected chi connectivity index (χ1v) is 11.2. The summed E-state index contributed by atoms with van der Waals surface area (Å²) in [6.07, 6.45) is 4.72. The van der Waals surface area contributed by atoms with E-state index in [1.807, 2.05) is 19.2 Å². The largest absolute Gasteiger partial charge is 0.497 e. The fourth-order valence-corrected chi connectivity index (χ4v) is 3.65. The van der Waals surface area contributed by atoms with Crippen molar-refractivity contribution >= 4 is 17.4 Å². The normalized spacial score (nSPS) is 16.2. The Morgan fingerprint density at radius 2 is 2.03 bits per heavy atom. The number of hydrogen-bond acceptors (Lipinski definition) is 5. The Bertz CT molecular complexity index is 874.